The largest absolute Gasteiger partial charge is 0.391 e. The van der Waals surface area contributed by atoms with Crippen LogP contribution in [0.4, 0.5) is 13.2 Å². The number of hydrogen-bond acceptors (Lipinski definition) is 2. The lowest BCUT2D eigenvalue weighted by atomic mass is 9.79. The Hall–Kier alpha value is -0.780. The van der Waals surface area contributed by atoms with E-state index in [-0.39, 0.29) is 24.8 Å². The number of amides is 1. The summed E-state index contributed by atoms with van der Waals surface area (Å²) in [6.07, 6.45) is -1.23. The first-order chi connectivity index (χ1) is 9.82. The van der Waals surface area contributed by atoms with E-state index in [4.69, 9.17) is 5.73 Å². The normalized spacial score (nSPS) is 34.8. The highest BCUT2D eigenvalue weighted by Gasteiger charge is 2.45. The maximum Gasteiger partial charge on any atom is 0.391 e. The molecule has 122 valence electrons. The Morgan fingerprint density at radius 1 is 1.24 bits per heavy atom. The van der Waals surface area contributed by atoms with E-state index in [2.05, 4.69) is 6.92 Å². The number of likely N-dealkylation sites (tertiary alicyclic amines) is 1. The van der Waals surface area contributed by atoms with Crippen LogP contribution in [-0.4, -0.2) is 36.1 Å². The maximum absolute atomic E-state index is 12.9. The van der Waals surface area contributed by atoms with Crippen LogP contribution >= 0.6 is 0 Å². The summed E-state index contributed by atoms with van der Waals surface area (Å²) in [7, 11) is 0. The van der Waals surface area contributed by atoms with Crippen LogP contribution in [0.1, 0.15) is 45.4 Å². The zero-order chi connectivity index (χ0) is 15.6. The van der Waals surface area contributed by atoms with Crippen LogP contribution in [0.25, 0.3) is 0 Å². The van der Waals surface area contributed by atoms with Crippen LogP contribution < -0.4 is 5.73 Å². The van der Waals surface area contributed by atoms with Crippen LogP contribution in [0.5, 0.6) is 0 Å². The van der Waals surface area contributed by atoms with E-state index in [1.165, 1.54) is 0 Å². The molecule has 2 fully saturated rings. The maximum atomic E-state index is 12.9. The number of nitrogens with zero attached hydrogens (tertiary/aromatic N) is 1. The highest BCUT2D eigenvalue weighted by molar-refractivity contribution is 5.79. The number of rotatable bonds is 2. The quantitative estimate of drug-likeness (QED) is 0.852. The number of carbonyl (C=O) groups is 1. The van der Waals surface area contributed by atoms with E-state index in [9.17, 15) is 18.0 Å². The Kier molecular flexibility index (Phi) is 5.17. The molecule has 2 aliphatic rings. The molecular weight excluding hydrogens is 281 g/mol. The molecule has 1 saturated carbocycles. The Morgan fingerprint density at radius 3 is 2.57 bits per heavy atom. The third kappa shape index (κ3) is 3.90. The van der Waals surface area contributed by atoms with E-state index in [0.717, 1.165) is 12.8 Å². The molecule has 0 radical (unpaired) electrons. The van der Waals surface area contributed by atoms with Gasteiger partial charge in [-0.1, -0.05) is 13.3 Å². The fourth-order valence-electron chi connectivity index (χ4n) is 3.71. The predicted molar refractivity (Wildman–Crippen MR) is 74.5 cm³/mol. The van der Waals surface area contributed by atoms with Gasteiger partial charge in [0.1, 0.15) is 0 Å². The van der Waals surface area contributed by atoms with Gasteiger partial charge >= 0.3 is 6.18 Å². The SMILES string of the molecule is CC1CCN(C(=O)C2CCCC(C(F)(F)F)C2)C(CN)C1. The zero-order valence-corrected chi connectivity index (χ0v) is 12.5. The molecule has 0 bridgehead atoms. The Morgan fingerprint density at radius 2 is 1.95 bits per heavy atom. The Labute approximate surface area is 124 Å². The molecule has 1 saturated heterocycles. The van der Waals surface area contributed by atoms with E-state index < -0.39 is 18.0 Å². The third-order valence-corrected chi connectivity index (χ3v) is 5.02. The van der Waals surface area contributed by atoms with Crippen molar-refractivity contribution in [1.82, 2.24) is 4.90 Å². The van der Waals surface area contributed by atoms with Gasteiger partial charge in [-0.05, 0) is 38.0 Å². The Balaban J connectivity index is 2.01. The minimum atomic E-state index is -4.18. The van der Waals surface area contributed by atoms with Crippen LogP contribution in [0, 0.1) is 17.8 Å². The lowest BCUT2D eigenvalue weighted by Gasteiger charge is -2.41. The van der Waals surface area contributed by atoms with Gasteiger partial charge in [0.2, 0.25) is 5.91 Å². The topological polar surface area (TPSA) is 46.3 Å². The number of piperidine rings is 1. The second-order valence-corrected chi connectivity index (χ2v) is 6.65. The van der Waals surface area contributed by atoms with Gasteiger partial charge in [0.05, 0.1) is 5.92 Å². The van der Waals surface area contributed by atoms with Crippen molar-refractivity contribution in [2.75, 3.05) is 13.1 Å². The van der Waals surface area contributed by atoms with Crippen molar-refractivity contribution in [3.8, 4) is 0 Å². The van der Waals surface area contributed by atoms with E-state index in [1.807, 2.05) is 0 Å². The molecule has 21 heavy (non-hydrogen) atoms. The van der Waals surface area contributed by atoms with Crippen molar-refractivity contribution >= 4 is 5.91 Å². The van der Waals surface area contributed by atoms with Crippen LogP contribution in [0.3, 0.4) is 0 Å². The monoisotopic (exact) mass is 306 g/mol. The van der Waals surface area contributed by atoms with Crippen LogP contribution in [0.2, 0.25) is 0 Å². The van der Waals surface area contributed by atoms with Crippen LogP contribution in [-0.2, 0) is 4.79 Å². The molecule has 3 nitrogen and oxygen atoms in total. The number of nitrogens with two attached hydrogens (primary N) is 1. The van der Waals surface area contributed by atoms with Crippen LogP contribution in [0.15, 0.2) is 0 Å². The van der Waals surface area contributed by atoms with Gasteiger partial charge in [-0.2, -0.15) is 13.2 Å². The molecule has 6 heteroatoms. The molecule has 0 spiro atoms. The molecule has 1 amide bonds. The minimum absolute atomic E-state index is 0.00693. The second kappa shape index (κ2) is 6.55. The number of carbonyl (C=O) groups excluding carboxylic acids is 1. The Bertz CT molecular complexity index is 372. The van der Waals surface area contributed by atoms with Gasteiger partial charge in [0.25, 0.3) is 0 Å². The van der Waals surface area contributed by atoms with E-state index in [1.54, 1.807) is 4.90 Å². The van der Waals surface area contributed by atoms with Crippen molar-refractivity contribution in [3.63, 3.8) is 0 Å². The van der Waals surface area contributed by atoms with Gasteiger partial charge in [-0.3, -0.25) is 4.79 Å². The number of halogens is 3. The molecule has 1 aliphatic heterocycles. The lowest BCUT2D eigenvalue weighted by molar-refractivity contribution is -0.187. The summed E-state index contributed by atoms with van der Waals surface area (Å²) in [4.78, 5) is 14.4. The average molecular weight is 306 g/mol. The molecule has 0 aromatic carbocycles. The summed E-state index contributed by atoms with van der Waals surface area (Å²) in [6, 6.07) is -0.00693. The predicted octanol–water partition coefficient (Wildman–Crippen LogP) is 2.94. The van der Waals surface area contributed by atoms with Gasteiger partial charge in [0.15, 0.2) is 0 Å². The summed E-state index contributed by atoms with van der Waals surface area (Å²) < 4.78 is 38.6. The summed E-state index contributed by atoms with van der Waals surface area (Å²) >= 11 is 0. The van der Waals surface area contributed by atoms with Crippen molar-refractivity contribution in [2.24, 2.45) is 23.5 Å². The minimum Gasteiger partial charge on any atom is -0.338 e. The van der Waals surface area contributed by atoms with Crippen molar-refractivity contribution in [1.29, 1.82) is 0 Å². The standard InChI is InChI=1S/C15H25F3N2O/c1-10-5-6-20(13(7-10)9-19)14(21)11-3-2-4-12(8-11)15(16,17)18/h10-13H,2-9,19H2,1H3. The van der Waals surface area contributed by atoms with Crippen molar-refractivity contribution < 1.29 is 18.0 Å². The fourth-order valence-corrected chi connectivity index (χ4v) is 3.71. The first-order valence-electron chi connectivity index (χ1n) is 7.90. The summed E-state index contributed by atoms with van der Waals surface area (Å²) in [5.74, 6) is -1.38. The van der Waals surface area contributed by atoms with Crippen molar-refractivity contribution in [2.45, 2.75) is 57.7 Å². The smallest absolute Gasteiger partial charge is 0.338 e. The number of hydrogen-bond donors (Lipinski definition) is 1. The first kappa shape index (κ1) is 16.6. The molecule has 2 rings (SSSR count). The van der Waals surface area contributed by atoms with Crippen molar-refractivity contribution in [3.05, 3.63) is 0 Å². The fraction of sp³-hybridized carbons (Fsp3) is 0.933. The van der Waals surface area contributed by atoms with E-state index >= 15 is 0 Å². The summed E-state index contributed by atoms with van der Waals surface area (Å²) in [5.41, 5.74) is 5.75. The first-order valence-corrected chi connectivity index (χ1v) is 7.90. The van der Waals surface area contributed by atoms with Gasteiger partial charge in [0, 0.05) is 25.0 Å². The molecule has 4 atom stereocenters. The average Bonchev–Trinajstić information content (AvgIpc) is 2.45. The molecule has 0 aromatic heterocycles. The highest BCUT2D eigenvalue weighted by Crippen LogP contribution is 2.41. The zero-order valence-electron chi connectivity index (χ0n) is 12.5. The van der Waals surface area contributed by atoms with Gasteiger partial charge in [-0.25, -0.2) is 0 Å². The number of alkyl halides is 3. The molecular formula is C15H25F3N2O. The lowest BCUT2D eigenvalue weighted by Crippen LogP contribution is -2.52. The van der Waals surface area contributed by atoms with E-state index in [0.29, 0.717) is 31.8 Å². The molecule has 0 aromatic rings. The molecule has 1 aliphatic carbocycles. The molecule has 4 unspecified atom stereocenters. The molecule has 2 N–H and O–H groups in total. The second-order valence-electron chi connectivity index (χ2n) is 6.65. The summed E-state index contributed by atoms with van der Waals surface area (Å²) in [5, 5.41) is 0. The summed E-state index contributed by atoms with van der Waals surface area (Å²) in [6.45, 7) is 3.16. The van der Waals surface area contributed by atoms with Gasteiger partial charge in [-0.15, -0.1) is 0 Å². The highest BCUT2D eigenvalue weighted by atomic mass is 19.4. The third-order valence-electron chi connectivity index (χ3n) is 5.02. The molecule has 1 heterocycles. The van der Waals surface area contributed by atoms with Gasteiger partial charge < -0.3 is 10.6 Å².